The normalized spacial score (nSPS) is 26.9. The van der Waals surface area contributed by atoms with Crippen LogP contribution in [0.25, 0.3) is 0 Å². The van der Waals surface area contributed by atoms with Gasteiger partial charge in [0.25, 0.3) is 0 Å². The molecular weight excluding hydrogens is 356 g/mol. The summed E-state index contributed by atoms with van der Waals surface area (Å²) >= 11 is 4.10. The molecule has 0 amide bonds. The van der Waals surface area contributed by atoms with E-state index in [1.54, 1.807) is 0 Å². The predicted octanol–water partition coefficient (Wildman–Crippen LogP) is 4.75. The summed E-state index contributed by atoms with van der Waals surface area (Å²) < 4.78 is 11.9. The van der Waals surface area contributed by atoms with E-state index in [0.717, 1.165) is 26.1 Å². The van der Waals surface area contributed by atoms with E-state index in [0.29, 0.717) is 12.0 Å². The van der Waals surface area contributed by atoms with Crippen molar-refractivity contribution in [1.29, 1.82) is 0 Å². The zero-order valence-electron chi connectivity index (χ0n) is 16.3. The first-order valence-corrected chi connectivity index (χ1v) is 14.2. The summed E-state index contributed by atoms with van der Waals surface area (Å²) in [5.74, 6) is 2.84. The van der Waals surface area contributed by atoms with Crippen molar-refractivity contribution < 1.29 is 14.3 Å². The molecule has 0 spiro atoms. The van der Waals surface area contributed by atoms with Gasteiger partial charge in [0.2, 0.25) is 0 Å². The van der Waals surface area contributed by atoms with E-state index in [4.69, 9.17) is 9.16 Å². The average molecular weight is 393 g/mol. The fourth-order valence-electron chi connectivity index (χ4n) is 2.79. The fraction of sp³-hybridized carbons (Fsp3) is 1.00. The van der Waals surface area contributed by atoms with Crippen LogP contribution in [0, 0.1) is 5.92 Å². The summed E-state index contributed by atoms with van der Waals surface area (Å²) in [6.45, 7) is 15.5. The van der Waals surface area contributed by atoms with Gasteiger partial charge in [-0.1, -0.05) is 27.7 Å². The zero-order valence-corrected chi connectivity index (χ0v) is 18.9. The number of thioether (sulfide) groups is 2. The molecule has 142 valence electrons. The molecule has 0 aromatic rings. The van der Waals surface area contributed by atoms with Crippen LogP contribution in [0.5, 0.6) is 0 Å². The standard InChI is InChI=1S/C18H36O3S2Si/c1-14(12-21-24(5,6)17(2,3)4)18(22-8-7-9-23-18)11-15(19)10-16-13-20-16/h14-16,19H,7-13H2,1-6H3/t14-,15-,16-/m0/s1. The molecule has 0 aromatic carbocycles. The largest absolute Gasteiger partial charge is 0.416 e. The van der Waals surface area contributed by atoms with Gasteiger partial charge in [0.05, 0.1) is 22.9 Å². The smallest absolute Gasteiger partial charge is 0.191 e. The highest BCUT2D eigenvalue weighted by Gasteiger charge is 2.44. The lowest BCUT2D eigenvalue weighted by molar-refractivity contribution is 0.125. The van der Waals surface area contributed by atoms with Crippen LogP contribution in [0.2, 0.25) is 18.1 Å². The second kappa shape index (κ2) is 8.22. The van der Waals surface area contributed by atoms with Gasteiger partial charge in [0.15, 0.2) is 8.32 Å². The maximum absolute atomic E-state index is 10.5. The molecule has 0 unspecified atom stereocenters. The lowest BCUT2D eigenvalue weighted by atomic mass is 10.00. The van der Waals surface area contributed by atoms with Crippen molar-refractivity contribution in [3.8, 4) is 0 Å². The van der Waals surface area contributed by atoms with Crippen molar-refractivity contribution >= 4 is 31.8 Å². The van der Waals surface area contributed by atoms with E-state index in [-0.39, 0.29) is 15.2 Å². The molecule has 2 heterocycles. The number of rotatable bonds is 8. The van der Waals surface area contributed by atoms with Crippen LogP contribution >= 0.6 is 23.5 Å². The number of hydrogen-bond acceptors (Lipinski definition) is 5. The Morgan fingerprint density at radius 1 is 1.29 bits per heavy atom. The van der Waals surface area contributed by atoms with E-state index in [1.165, 1.54) is 17.9 Å². The summed E-state index contributed by atoms with van der Waals surface area (Å²) in [5, 5.41) is 10.8. The highest BCUT2D eigenvalue weighted by atomic mass is 32.2. The Hall–Kier alpha value is 0.797. The number of aliphatic hydroxyl groups excluding tert-OH is 1. The van der Waals surface area contributed by atoms with Gasteiger partial charge in [0.1, 0.15) is 0 Å². The van der Waals surface area contributed by atoms with Crippen LogP contribution in [-0.2, 0) is 9.16 Å². The highest BCUT2D eigenvalue weighted by molar-refractivity contribution is 8.18. The van der Waals surface area contributed by atoms with Crippen molar-refractivity contribution in [3.63, 3.8) is 0 Å². The predicted molar refractivity (Wildman–Crippen MR) is 110 cm³/mol. The third-order valence-corrected chi connectivity index (χ3v) is 14.0. The highest BCUT2D eigenvalue weighted by Crippen LogP contribution is 2.51. The molecule has 2 aliphatic heterocycles. The van der Waals surface area contributed by atoms with Crippen molar-refractivity contribution in [2.75, 3.05) is 24.7 Å². The van der Waals surface area contributed by atoms with Crippen molar-refractivity contribution in [2.24, 2.45) is 5.92 Å². The molecule has 0 saturated carbocycles. The number of hydrogen-bond donors (Lipinski definition) is 1. The first kappa shape index (κ1) is 21.1. The Morgan fingerprint density at radius 2 is 1.88 bits per heavy atom. The second-order valence-electron chi connectivity index (χ2n) is 8.88. The summed E-state index contributed by atoms with van der Waals surface area (Å²) in [5.41, 5.74) is 0. The molecule has 0 aromatic heterocycles. The Kier molecular flexibility index (Phi) is 7.22. The minimum absolute atomic E-state index is 0.0922. The van der Waals surface area contributed by atoms with Gasteiger partial charge < -0.3 is 14.3 Å². The molecule has 2 aliphatic rings. The summed E-state index contributed by atoms with van der Waals surface area (Å²) in [4.78, 5) is 0. The van der Waals surface area contributed by atoms with Crippen molar-refractivity contribution in [2.45, 2.75) is 81.4 Å². The molecule has 1 N–H and O–H groups in total. The SMILES string of the molecule is C[C@@H](CO[Si](C)(C)C(C)(C)C)C1(C[C@@H](O)C[C@H]2CO2)SCCCS1. The average Bonchev–Trinajstić information content (AvgIpc) is 3.28. The molecule has 6 heteroatoms. The minimum Gasteiger partial charge on any atom is -0.416 e. The maximum atomic E-state index is 10.5. The second-order valence-corrected chi connectivity index (χ2v) is 16.8. The van der Waals surface area contributed by atoms with Gasteiger partial charge in [-0.05, 0) is 42.5 Å². The third-order valence-electron chi connectivity index (χ3n) is 5.69. The molecule has 2 rings (SSSR count). The monoisotopic (exact) mass is 392 g/mol. The van der Waals surface area contributed by atoms with Crippen LogP contribution in [-0.4, -0.2) is 54.4 Å². The molecular formula is C18H36O3S2Si. The minimum atomic E-state index is -1.72. The van der Waals surface area contributed by atoms with E-state index < -0.39 is 8.32 Å². The van der Waals surface area contributed by atoms with E-state index in [9.17, 15) is 5.11 Å². The topological polar surface area (TPSA) is 42.0 Å². The quantitative estimate of drug-likeness (QED) is 0.477. The van der Waals surface area contributed by atoms with Crippen molar-refractivity contribution in [3.05, 3.63) is 0 Å². The van der Waals surface area contributed by atoms with Gasteiger partial charge >= 0.3 is 0 Å². The molecule has 24 heavy (non-hydrogen) atoms. The number of epoxide rings is 1. The fourth-order valence-corrected chi connectivity index (χ4v) is 7.50. The lowest BCUT2D eigenvalue weighted by Crippen LogP contribution is -2.45. The molecule has 0 bridgehead atoms. The van der Waals surface area contributed by atoms with E-state index in [2.05, 4.69) is 64.3 Å². The van der Waals surface area contributed by atoms with Crippen LogP contribution in [0.4, 0.5) is 0 Å². The molecule has 0 aliphatic carbocycles. The molecule has 2 fully saturated rings. The third kappa shape index (κ3) is 5.65. The summed E-state index contributed by atoms with van der Waals surface area (Å²) in [6, 6.07) is 0. The van der Waals surface area contributed by atoms with Crippen LogP contribution in [0.1, 0.15) is 47.0 Å². The van der Waals surface area contributed by atoms with E-state index >= 15 is 0 Å². The summed E-state index contributed by atoms with van der Waals surface area (Å²) in [6.07, 6.45) is 2.96. The van der Waals surface area contributed by atoms with Crippen molar-refractivity contribution in [1.82, 2.24) is 0 Å². The number of aliphatic hydroxyl groups is 1. The van der Waals surface area contributed by atoms with Crippen LogP contribution in [0.3, 0.4) is 0 Å². The molecule has 0 radical (unpaired) electrons. The van der Waals surface area contributed by atoms with Crippen LogP contribution < -0.4 is 0 Å². The molecule has 3 nitrogen and oxygen atoms in total. The van der Waals surface area contributed by atoms with Gasteiger partial charge in [-0.2, -0.15) is 0 Å². The van der Waals surface area contributed by atoms with Gasteiger partial charge in [0, 0.05) is 18.9 Å². The maximum Gasteiger partial charge on any atom is 0.191 e. The summed E-state index contributed by atoms with van der Waals surface area (Å²) in [7, 11) is -1.72. The first-order chi connectivity index (χ1) is 11.1. The van der Waals surface area contributed by atoms with Crippen LogP contribution in [0.15, 0.2) is 0 Å². The lowest BCUT2D eigenvalue weighted by Gasteiger charge is -2.44. The molecule has 2 saturated heterocycles. The first-order valence-electron chi connectivity index (χ1n) is 9.27. The zero-order chi connectivity index (χ0) is 18.0. The van der Waals surface area contributed by atoms with Gasteiger partial charge in [-0.15, -0.1) is 23.5 Å². The van der Waals surface area contributed by atoms with Gasteiger partial charge in [-0.25, -0.2) is 0 Å². The Morgan fingerprint density at radius 3 is 2.38 bits per heavy atom. The Labute approximate surface area is 158 Å². The molecule has 3 atom stereocenters. The Balaban J connectivity index is 1.97. The van der Waals surface area contributed by atoms with Gasteiger partial charge in [-0.3, -0.25) is 0 Å². The number of ether oxygens (including phenoxy) is 1. The Bertz CT molecular complexity index is 402. The van der Waals surface area contributed by atoms with E-state index in [1.807, 2.05) is 0 Å².